The summed E-state index contributed by atoms with van der Waals surface area (Å²) in [7, 11) is 0. The summed E-state index contributed by atoms with van der Waals surface area (Å²) in [6.07, 6.45) is 1.12. The zero-order chi connectivity index (χ0) is 19.2. The Morgan fingerprint density at radius 1 is 1.42 bits per heavy atom. The molecule has 0 radical (unpaired) electrons. The summed E-state index contributed by atoms with van der Waals surface area (Å²) in [5.74, 6) is 0.414. The quantitative estimate of drug-likeness (QED) is 0.654. The van der Waals surface area contributed by atoms with Gasteiger partial charge in [0.05, 0.1) is 16.2 Å². The second-order valence-electron chi connectivity index (χ2n) is 7.01. The van der Waals surface area contributed by atoms with Crippen LogP contribution in [-0.2, 0) is 4.79 Å². The van der Waals surface area contributed by atoms with Gasteiger partial charge in [-0.25, -0.2) is 0 Å². The molecule has 2 aliphatic rings. The first-order valence-electron chi connectivity index (χ1n) is 8.68. The van der Waals surface area contributed by atoms with E-state index in [0.29, 0.717) is 47.7 Å². The van der Waals surface area contributed by atoms with Crippen LogP contribution in [0.15, 0.2) is 17.8 Å². The SMILES string of the molecule is CCN(O)C1=C(N2CCCC2=O)c2c(ccc([N+](=O)[O-])c2C)OC1(C)C. The smallest absolute Gasteiger partial charge is 0.273 e. The molecular weight excluding hydrogens is 338 g/mol. The molecule has 0 bridgehead atoms. The van der Waals surface area contributed by atoms with Gasteiger partial charge in [-0.15, -0.1) is 0 Å². The molecule has 0 spiro atoms. The Balaban J connectivity index is 2.37. The van der Waals surface area contributed by atoms with Gasteiger partial charge in [0.2, 0.25) is 5.91 Å². The van der Waals surface area contributed by atoms with E-state index in [1.54, 1.807) is 38.7 Å². The highest BCUT2D eigenvalue weighted by Gasteiger charge is 2.43. The fourth-order valence-corrected chi connectivity index (χ4v) is 3.72. The third-order valence-corrected chi connectivity index (χ3v) is 4.89. The third-order valence-electron chi connectivity index (χ3n) is 4.89. The Labute approximate surface area is 151 Å². The van der Waals surface area contributed by atoms with Crippen LogP contribution in [-0.4, -0.2) is 44.7 Å². The van der Waals surface area contributed by atoms with E-state index in [4.69, 9.17) is 4.74 Å². The number of carbonyl (C=O) groups is 1. The summed E-state index contributed by atoms with van der Waals surface area (Å²) >= 11 is 0. The third kappa shape index (κ3) is 2.70. The van der Waals surface area contributed by atoms with Crippen molar-refractivity contribution in [2.45, 2.75) is 46.1 Å². The molecular formula is C18H23N3O5. The summed E-state index contributed by atoms with van der Waals surface area (Å²) < 4.78 is 6.08. The lowest BCUT2D eigenvalue weighted by Crippen LogP contribution is -2.45. The minimum absolute atomic E-state index is 0.0449. The first-order valence-corrected chi connectivity index (χ1v) is 8.68. The highest BCUT2D eigenvalue weighted by atomic mass is 16.6. The first kappa shape index (κ1) is 18.2. The number of likely N-dealkylation sites (N-methyl/N-ethyl adjacent to an activating group) is 1. The van der Waals surface area contributed by atoms with E-state index in [2.05, 4.69) is 0 Å². The van der Waals surface area contributed by atoms with Crippen LogP contribution in [0.25, 0.3) is 5.70 Å². The molecule has 8 nitrogen and oxygen atoms in total. The molecule has 1 amide bonds. The van der Waals surface area contributed by atoms with Crippen LogP contribution >= 0.6 is 0 Å². The number of hydroxylamine groups is 2. The van der Waals surface area contributed by atoms with E-state index in [-0.39, 0.29) is 18.1 Å². The molecule has 0 aromatic heterocycles. The maximum absolute atomic E-state index is 12.5. The second-order valence-corrected chi connectivity index (χ2v) is 7.01. The number of nitro groups is 1. The summed E-state index contributed by atoms with van der Waals surface area (Å²) in [6.45, 7) is 7.83. The van der Waals surface area contributed by atoms with Gasteiger partial charge in [0.1, 0.15) is 17.0 Å². The topological polar surface area (TPSA) is 96.2 Å². The van der Waals surface area contributed by atoms with Crippen LogP contribution in [0.4, 0.5) is 5.69 Å². The zero-order valence-corrected chi connectivity index (χ0v) is 15.4. The molecule has 1 aromatic rings. The number of hydrogen-bond acceptors (Lipinski definition) is 6. The van der Waals surface area contributed by atoms with Crippen molar-refractivity contribution in [1.82, 2.24) is 9.96 Å². The summed E-state index contributed by atoms with van der Waals surface area (Å²) in [4.78, 5) is 25.1. The van der Waals surface area contributed by atoms with Crippen molar-refractivity contribution in [3.05, 3.63) is 39.1 Å². The van der Waals surface area contributed by atoms with Gasteiger partial charge in [-0.1, -0.05) is 0 Å². The molecule has 3 rings (SSSR count). The number of ether oxygens (including phenoxy) is 1. The molecule has 2 heterocycles. The van der Waals surface area contributed by atoms with E-state index < -0.39 is 10.5 Å². The van der Waals surface area contributed by atoms with Crippen molar-refractivity contribution in [2.24, 2.45) is 0 Å². The van der Waals surface area contributed by atoms with Crippen LogP contribution < -0.4 is 4.74 Å². The minimum atomic E-state index is -0.904. The van der Waals surface area contributed by atoms with Crippen molar-refractivity contribution in [3.8, 4) is 5.75 Å². The fourth-order valence-electron chi connectivity index (χ4n) is 3.72. The predicted octanol–water partition coefficient (Wildman–Crippen LogP) is 3.08. The molecule has 0 saturated carbocycles. The van der Waals surface area contributed by atoms with Gasteiger partial charge >= 0.3 is 0 Å². The number of hydrogen-bond donors (Lipinski definition) is 1. The number of fused-ring (bicyclic) bond motifs is 1. The average molecular weight is 361 g/mol. The number of nitrogens with zero attached hydrogens (tertiary/aromatic N) is 3. The van der Waals surface area contributed by atoms with Crippen LogP contribution in [0.2, 0.25) is 0 Å². The lowest BCUT2D eigenvalue weighted by atomic mass is 9.90. The number of benzene rings is 1. The molecule has 1 fully saturated rings. The Kier molecular flexibility index (Phi) is 4.39. The molecule has 26 heavy (non-hydrogen) atoms. The van der Waals surface area contributed by atoms with Gasteiger partial charge in [-0.3, -0.25) is 25.2 Å². The van der Waals surface area contributed by atoms with E-state index >= 15 is 0 Å². The van der Waals surface area contributed by atoms with E-state index in [1.807, 2.05) is 0 Å². The lowest BCUT2D eigenvalue weighted by Gasteiger charge is -2.42. The van der Waals surface area contributed by atoms with Gasteiger partial charge in [0.25, 0.3) is 5.69 Å². The molecule has 2 aliphatic heterocycles. The predicted molar refractivity (Wildman–Crippen MR) is 94.6 cm³/mol. The normalized spacial score (nSPS) is 18.7. The molecule has 0 aliphatic carbocycles. The van der Waals surface area contributed by atoms with Crippen molar-refractivity contribution in [3.63, 3.8) is 0 Å². The highest BCUT2D eigenvalue weighted by Crippen LogP contribution is 2.47. The van der Waals surface area contributed by atoms with E-state index in [1.165, 1.54) is 6.07 Å². The van der Waals surface area contributed by atoms with Crippen LogP contribution in [0.5, 0.6) is 5.75 Å². The molecule has 8 heteroatoms. The number of nitro benzene ring substituents is 1. The monoisotopic (exact) mass is 361 g/mol. The largest absolute Gasteiger partial charge is 0.481 e. The standard InChI is InChI=1S/C18H23N3O5/c1-5-20(23)17-16(19-10-6-7-14(19)22)15-11(2)12(21(24)25)8-9-13(15)26-18(17,3)4/h8-9,23H,5-7,10H2,1-4H3. The van der Waals surface area contributed by atoms with Crippen molar-refractivity contribution < 1.29 is 19.7 Å². The summed E-state index contributed by atoms with van der Waals surface area (Å²) in [5.41, 5.74) is 0.904. The highest BCUT2D eigenvalue weighted by molar-refractivity contribution is 5.92. The van der Waals surface area contributed by atoms with Crippen LogP contribution in [0.1, 0.15) is 44.7 Å². The van der Waals surface area contributed by atoms with Crippen LogP contribution in [0.3, 0.4) is 0 Å². The number of carbonyl (C=O) groups excluding carboxylic acids is 1. The van der Waals surface area contributed by atoms with Crippen molar-refractivity contribution in [1.29, 1.82) is 0 Å². The maximum Gasteiger partial charge on any atom is 0.273 e. The lowest BCUT2D eigenvalue weighted by molar-refractivity contribution is -0.385. The maximum atomic E-state index is 12.5. The fraction of sp³-hybridized carbons (Fsp3) is 0.500. The van der Waals surface area contributed by atoms with Crippen molar-refractivity contribution in [2.75, 3.05) is 13.1 Å². The van der Waals surface area contributed by atoms with Crippen molar-refractivity contribution >= 4 is 17.3 Å². The summed E-state index contributed by atoms with van der Waals surface area (Å²) in [6, 6.07) is 2.97. The van der Waals surface area contributed by atoms with Gasteiger partial charge in [0, 0.05) is 31.1 Å². The molecule has 1 saturated heterocycles. The summed E-state index contributed by atoms with van der Waals surface area (Å²) in [5, 5.41) is 23.0. The number of amides is 1. The molecule has 0 unspecified atom stereocenters. The van der Waals surface area contributed by atoms with E-state index in [9.17, 15) is 20.1 Å². The number of rotatable bonds is 4. The molecule has 1 N–H and O–H groups in total. The Hall–Kier alpha value is -2.61. The van der Waals surface area contributed by atoms with Gasteiger partial charge in [-0.05, 0) is 40.2 Å². The average Bonchev–Trinajstić information content (AvgIpc) is 2.97. The van der Waals surface area contributed by atoms with Gasteiger partial charge in [0.15, 0.2) is 0 Å². The Morgan fingerprint density at radius 2 is 2.12 bits per heavy atom. The Bertz CT molecular complexity index is 815. The van der Waals surface area contributed by atoms with E-state index in [0.717, 1.165) is 5.06 Å². The molecule has 140 valence electrons. The second kappa shape index (κ2) is 6.28. The van der Waals surface area contributed by atoms with Gasteiger partial charge < -0.3 is 9.64 Å². The molecule has 0 atom stereocenters. The van der Waals surface area contributed by atoms with Gasteiger partial charge in [-0.2, -0.15) is 0 Å². The zero-order valence-electron chi connectivity index (χ0n) is 15.4. The van der Waals surface area contributed by atoms with Crippen LogP contribution in [0, 0.1) is 17.0 Å². The molecule has 1 aromatic carbocycles. The first-order chi connectivity index (χ1) is 12.2. The number of likely N-dealkylation sites (tertiary alicyclic amines) is 1. The minimum Gasteiger partial charge on any atom is -0.481 e. The Morgan fingerprint density at radius 3 is 2.65 bits per heavy atom.